The summed E-state index contributed by atoms with van der Waals surface area (Å²) in [6.45, 7) is 5.92. The maximum Gasteiger partial charge on any atom is 0.335 e. The summed E-state index contributed by atoms with van der Waals surface area (Å²) >= 11 is 0. The molecule has 0 amide bonds. The van der Waals surface area contributed by atoms with Gasteiger partial charge in [-0.05, 0) is 12.8 Å². The van der Waals surface area contributed by atoms with Gasteiger partial charge in [-0.1, -0.05) is 20.3 Å². The molecule has 1 aliphatic heterocycles. The van der Waals surface area contributed by atoms with E-state index in [1.807, 2.05) is 20.8 Å². The number of ether oxygens (including phenoxy) is 1. The molecule has 0 aliphatic carbocycles. The van der Waals surface area contributed by atoms with Crippen LogP contribution in [-0.2, 0) is 9.53 Å². The normalized spacial score (nSPS) is 38.3. The number of aliphatic carboxylic acids is 1. The minimum absolute atomic E-state index is 0.323. The van der Waals surface area contributed by atoms with Crippen molar-refractivity contribution in [2.75, 3.05) is 0 Å². The van der Waals surface area contributed by atoms with Crippen LogP contribution in [0, 0.1) is 5.92 Å². The van der Waals surface area contributed by atoms with Gasteiger partial charge in [0, 0.05) is 0 Å². The molecule has 0 aromatic heterocycles. The quantitative estimate of drug-likeness (QED) is 0.629. The average molecular weight is 158 g/mol. The highest BCUT2D eigenvalue weighted by atomic mass is 16.6. The second-order valence-electron chi connectivity index (χ2n) is 3.33. The summed E-state index contributed by atoms with van der Waals surface area (Å²) in [4.78, 5) is 10.5. The van der Waals surface area contributed by atoms with Gasteiger partial charge in [-0.15, -0.1) is 0 Å². The van der Waals surface area contributed by atoms with Gasteiger partial charge < -0.3 is 9.84 Å². The van der Waals surface area contributed by atoms with E-state index in [2.05, 4.69) is 0 Å². The summed E-state index contributed by atoms with van der Waals surface area (Å²) in [5.41, 5.74) is -0.402. The summed E-state index contributed by atoms with van der Waals surface area (Å²) in [5, 5.41) is 8.61. The Morgan fingerprint density at radius 2 is 2.36 bits per heavy atom. The molecule has 1 rings (SSSR count). The van der Waals surface area contributed by atoms with Gasteiger partial charge in [-0.2, -0.15) is 0 Å². The molecule has 0 bridgehead atoms. The van der Waals surface area contributed by atoms with Crippen LogP contribution in [0.15, 0.2) is 0 Å². The van der Waals surface area contributed by atoms with Crippen LogP contribution >= 0.6 is 0 Å². The van der Waals surface area contributed by atoms with E-state index in [0.29, 0.717) is 5.92 Å². The van der Waals surface area contributed by atoms with Crippen molar-refractivity contribution in [3.63, 3.8) is 0 Å². The van der Waals surface area contributed by atoms with Crippen LogP contribution < -0.4 is 0 Å². The highest BCUT2D eigenvalue weighted by molar-refractivity contribution is 5.77. The molecule has 0 spiro atoms. The zero-order chi connectivity index (χ0) is 8.65. The van der Waals surface area contributed by atoms with Gasteiger partial charge >= 0.3 is 5.97 Å². The number of carboxylic acid groups (broad SMARTS) is 1. The van der Waals surface area contributed by atoms with E-state index in [0.717, 1.165) is 6.42 Å². The molecule has 0 saturated carbocycles. The fourth-order valence-corrected chi connectivity index (χ4v) is 1.30. The summed E-state index contributed by atoms with van der Waals surface area (Å²) in [5.74, 6) is -0.517. The lowest BCUT2D eigenvalue weighted by molar-refractivity contribution is -0.138. The van der Waals surface area contributed by atoms with Crippen LogP contribution in [0.25, 0.3) is 0 Å². The Kier molecular flexibility index (Phi) is 1.92. The van der Waals surface area contributed by atoms with Crippen LogP contribution in [-0.4, -0.2) is 22.8 Å². The highest BCUT2D eigenvalue weighted by Crippen LogP contribution is 2.43. The van der Waals surface area contributed by atoms with Crippen molar-refractivity contribution in [1.29, 1.82) is 0 Å². The lowest BCUT2D eigenvalue weighted by atomic mass is 9.90. The van der Waals surface area contributed by atoms with Crippen LogP contribution in [0.4, 0.5) is 0 Å². The monoisotopic (exact) mass is 158 g/mol. The zero-order valence-electron chi connectivity index (χ0n) is 7.13. The molecule has 0 unspecified atom stereocenters. The van der Waals surface area contributed by atoms with Crippen LogP contribution in [0.5, 0.6) is 0 Å². The topological polar surface area (TPSA) is 49.8 Å². The van der Waals surface area contributed by atoms with Crippen molar-refractivity contribution in [3.8, 4) is 0 Å². The highest BCUT2D eigenvalue weighted by Gasteiger charge is 2.59. The van der Waals surface area contributed by atoms with Gasteiger partial charge in [0.1, 0.15) is 5.60 Å². The molecule has 0 aromatic carbocycles. The molecule has 3 nitrogen and oxygen atoms in total. The molecule has 0 radical (unpaired) electrons. The van der Waals surface area contributed by atoms with Gasteiger partial charge in [0.15, 0.2) is 6.10 Å². The van der Waals surface area contributed by atoms with E-state index in [1.54, 1.807) is 0 Å². The minimum Gasteiger partial charge on any atom is -0.479 e. The van der Waals surface area contributed by atoms with E-state index in [-0.39, 0.29) is 0 Å². The molecule has 1 fully saturated rings. The lowest BCUT2D eigenvalue weighted by Gasteiger charge is -2.12. The smallest absolute Gasteiger partial charge is 0.335 e. The molecular weight excluding hydrogens is 144 g/mol. The summed E-state index contributed by atoms with van der Waals surface area (Å²) in [6, 6.07) is 0. The molecule has 1 heterocycles. The second kappa shape index (κ2) is 2.48. The third kappa shape index (κ3) is 1.25. The first-order chi connectivity index (χ1) is 5.02. The van der Waals surface area contributed by atoms with Crippen molar-refractivity contribution < 1.29 is 14.6 Å². The van der Waals surface area contributed by atoms with Crippen molar-refractivity contribution in [2.45, 2.75) is 38.9 Å². The molecule has 0 aromatic rings. The minimum atomic E-state index is -0.840. The Balaban J connectivity index is 2.55. The molecule has 64 valence electrons. The van der Waals surface area contributed by atoms with Crippen LogP contribution in [0.1, 0.15) is 27.2 Å². The Labute approximate surface area is 66.4 Å². The molecule has 1 aliphatic rings. The Morgan fingerprint density at radius 1 is 1.82 bits per heavy atom. The Morgan fingerprint density at radius 3 is 2.64 bits per heavy atom. The van der Waals surface area contributed by atoms with Crippen molar-refractivity contribution in [1.82, 2.24) is 0 Å². The maximum atomic E-state index is 10.5. The number of epoxide rings is 1. The predicted molar refractivity (Wildman–Crippen MR) is 40.4 cm³/mol. The first kappa shape index (κ1) is 8.53. The number of hydrogen-bond donors (Lipinski definition) is 1. The van der Waals surface area contributed by atoms with Gasteiger partial charge in [0.2, 0.25) is 0 Å². The first-order valence-corrected chi connectivity index (χ1v) is 3.93. The van der Waals surface area contributed by atoms with Gasteiger partial charge in [0.05, 0.1) is 0 Å². The number of carboxylic acids is 1. The largest absolute Gasteiger partial charge is 0.479 e. The molecule has 11 heavy (non-hydrogen) atoms. The van der Waals surface area contributed by atoms with Crippen molar-refractivity contribution in [3.05, 3.63) is 0 Å². The van der Waals surface area contributed by atoms with Gasteiger partial charge in [-0.25, -0.2) is 4.79 Å². The fraction of sp³-hybridized carbons (Fsp3) is 0.875. The molecule has 1 N–H and O–H groups in total. The van der Waals surface area contributed by atoms with Gasteiger partial charge in [0.25, 0.3) is 0 Å². The zero-order valence-corrected chi connectivity index (χ0v) is 7.13. The van der Waals surface area contributed by atoms with E-state index in [9.17, 15) is 4.79 Å². The fourth-order valence-electron chi connectivity index (χ4n) is 1.30. The van der Waals surface area contributed by atoms with Crippen LogP contribution in [0.3, 0.4) is 0 Å². The van der Waals surface area contributed by atoms with E-state index >= 15 is 0 Å². The van der Waals surface area contributed by atoms with Crippen LogP contribution in [0.2, 0.25) is 0 Å². The van der Waals surface area contributed by atoms with E-state index in [4.69, 9.17) is 9.84 Å². The third-order valence-electron chi connectivity index (χ3n) is 2.65. The molecular formula is C8H14O3. The first-order valence-electron chi connectivity index (χ1n) is 3.93. The second-order valence-corrected chi connectivity index (χ2v) is 3.33. The standard InChI is InChI=1S/C8H14O3/c1-4-5(2)8(3)6(11-8)7(9)10/h5-6H,4H2,1-3H3,(H,9,10)/t5-,6-,8+/m0/s1. The predicted octanol–water partition coefficient (Wildman–Crippen LogP) is 1.27. The number of rotatable bonds is 3. The summed E-state index contributed by atoms with van der Waals surface area (Å²) < 4.78 is 5.12. The Hall–Kier alpha value is -0.570. The van der Waals surface area contributed by atoms with E-state index < -0.39 is 17.7 Å². The summed E-state index contributed by atoms with van der Waals surface area (Å²) in [6.07, 6.45) is 0.387. The van der Waals surface area contributed by atoms with E-state index in [1.165, 1.54) is 0 Å². The Bertz CT molecular complexity index is 178. The van der Waals surface area contributed by atoms with Crippen molar-refractivity contribution in [2.24, 2.45) is 5.92 Å². The lowest BCUT2D eigenvalue weighted by Crippen LogP contribution is -2.24. The number of carbonyl (C=O) groups is 1. The maximum absolute atomic E-state index is 10.5. The SMILES string of the molecule is CC[C@H](C)[C@@]1(C)O[C@H]1C(=O)O. The van der Waals surface area contributed by atoms with Crippen molar-refractivity contribution >= 4 is 5.97 Å². The molecule has 3 heteroatoms. The number of hydrogen-bond acceptors (Lipinski definition) is 2. The third-order valence-corrected chi connectivity index (χ3v) is 2.65. The molecule has 3 atom stereocenters. The van der Waals surface area contributed by atoms with Gasteiger partial charge in [-0.3, -0.25) is 0 Å². The molecule has 1 saturated heterocycles. The average Bonchev–Trinajstić information content (AvgIpc) is 2.62. The summed E-state index contributed by atoms with van der Waals surface area (Å²) in [7, 11) is 0.